The standard InChI is InChI=1S/C23H19NO4S2/c1-3-12-24-21(25)19(30-23(24)29)13-15-8-10-16(11-9-15)27-22(26)20-14(2)17-6-4-5-7-18(17)28-20/h4-11,13H,3,12H2,1-2H3/b19-13-. The minimum Gasteiger partial charge on any atom is -0.449 e. The number of thioether (sulfide) groups is 1. The molecular formula is C23H19NO4S2. The summed E-state index contributed by atoms with van der Waals surface area (Å²) in [5, 5.41) is 0.889. The summed E-state index contributed by atoms with van der Waals surface area (Å²) in [4.78, 5) is 27.2. The Kier molecular flexibility index (Phi) is 5.74. The molecule has 2 heterocycles. The molecule has 4 rings (SSSR count). The molecule has 3 aromatic rings. The molecule has 0 atom stereocenters. The predicted molar refractivity (Wildman–Crippen MR) is 123 cm³/mol. The van der Waals surface area contributed by atoms with Crippen molar-refractivity contribution in [3.8, 4) is 5.75 Å². The lowest BCUT2D eigenvalue weighted by atomic mass is 10.1. The molecule has 1 amide bonds. The first-order chi connectivity index (χ1) is 14.5. The second kappa shape index (κ2) is 8.45. The molecule has 1 aromatic heterocycles. The lowest BCUT2D eigenvalue weighted by Gasteiger charge is -2.11. The molecule has 152 valence electrons. The maximum atomic E-state index is 12.5. The fourth-order valence-corrected chi connectivity index (χ4v) is 4.53. The van der Waals surface area contributed by atoms with E-state index in [0.717, 1.165) is 22.9 Å². The Balaban J connectivity index is 1.49. The van der Waals surface area contributed by atoms with Crippen LogP contribution in [0.25, 0.3) is 17.0 Å². The molecule has 1 saturated heterocycles. The molecule has 7 heteroatoms. The van der Waals surface area contributed by atoms with Crippen molar-refractivity contribution in [2.24, 2.45) is 0 Å². The Hall–Kier alpha value is -2.90. The topological polar surface area (TPSA) is 59.8 Å². The summed E-state index contributed by atoms with van der Waals surface area (Å²) >= 11 is 6.59. The lowest BCUT2D eigenvalue weighted by molar-refractivity contribution is -0.122. The average molecular weight is 438 g/mol. The second-order valence-corrected chi connectivity index (χ2v) is 8.52. The van der Waals surface area contributed by atoms with Gasteiger partial charge in [-0.1, -0.05) is 61.2 Å². The van der Waals surface area contributed by atoms with E-state index in [1.54, 1.807) is 35.2 Å². The number of amides is 1. The number of ether oxygens (including phenoxy) is 1. The molecule has 0 unspecified atom stereocenters. The maximum Gasteiger partial charge on any atom is 0.379 e. The van der Waals surface area contributed by atoms with Gasteiger partial charge in [0.25, 0.3) is 5.91 Å². The second-order valence-electron chi connectivity index (χ2n) is 6.84. The van der Waals surface area contributed by atoms with Gasteiger partial charge in [0, 0.05) is 17.5 Å². The van der Waals surface area contributed by atoms with Crippen LogP contribution in [-0.4, -0.2) is 27.6 Å². The summed E-state index contributed by atoms with van der Waals surface area (Å²) in [5.41, 5.74) is 2.23. The number of nitrogens with zero attached hydrogens (tertiary/aromatic N) is 1. The van der Waals surface area contributed by atoms with Crippen LogP contribution in [0, 0.1) is 6.92 Å². The average Bonchev–Trinajstić information content (AvgIpc) is 3.21. The fourth-order valence-electron chi connectivity index (χ4n) is 3.22. The van der Waals surface area contributed by atoms with E-state index in [1.165, 1.54) is 11.8 Å². The quantitative estimate of drug-likeness (QED) is 0.225. The van der Waals surface area contributed by atoms with E-state index in [-0.39, 0.29) is 11.7 Å². The van der Waals surface area contributed by atoms with Crippen molar-refractivity contribution in [3.63, 3.8) is 0 Å². The van der Waals surface area contributed by atoms with Gasteiger partial charge in [-0.15, -0.1) is 0 Å². The monoisotopic (exact) mass is 437 g/mol. The highest BCUT2D eigenvalue weighted by Crippen LogP contribution is 2.33. The maximum absolute atomic E-state index is 12.5. The van der Waals surface area contributed by atoms with Crippen LogP contribution >= 0.6 is 24.0 Å². The molecule has 1 aliphatic rings. The molecule has 5 nitrogen and oxygen atoms in total. The third-order valence-corrected chi connectivity index (χ3v) is 6.12. The summed E-state index contributed by atoms with van der Waals surface area (Å²) in [6.07, 6.45) is 2.65. The Morgan fingerprint density at radius 3 is 2.63 bits per heavy atom. The number of furan rings is 1. The number of benzene rings is 2. The number of fused-ring (bicyclic) bond motifs is 1. The number of rotatable bonds is 5. The van der Waals surface area contributed by atoms with E-state index < -0.39 is 5.97 Å². The molecule has 2 aromatic carbocycles. The predicted octanol–water partition coefficient (Wildman–Crippen LogP) is 5.57. The van der Waals surface area contributed by atoms with Crippen LogP contribution in [0.15, 0.2) is 57.9 Å². The van der Waals surface area contributed by atoms with Crippen molar-refractivity contribution in [2.75, 3.05) is 6.54 Å². The molecule has 0 bridgehead atoms. The zero-order valence-electron chi connectivity index (χ0n) is 16.5. The van der Waals surface area contributed by atoms with Crippen LogP contribution in [0.4, 0.5) is 0 Å². The Labute approximate surface area is 183 Å². The van der Waals surface area contributed by atoms with E-state index in [4.69, 9.17) is 21.4 Å². The molecule has 0 saturated carbocycles. The van der Waals surface area contributed by atoms with E-state index in [0.29, 0.717) is 27.1 Å². The number of esters is 1. The fraction of sp³-hybridized carbons (Fsp3) is 0.174. The van der Waals surface area contributed by atoms with E-state index in [9.17, 15) is 9.59 Å². The van der Waals surface area contributed by atoms with Gasteiger partial charge in [-0.3, -0.25) is 9.69 Å². The highest BCUT2D eigenvalue weighted by atomic mass is 32.2. The molecule has 0 radical (unpaired) electrons. The third-order valence-electron chi connectivity index (χ3n) is 4.74. The van der Waals surface area contributed by atoms with Crippen molar-refractivity contribution in [3.05, 3.63) is 70.3 Å². The van der Waals surface area contributed by atoms with Crippen LogP contribution in [0.3, 0.4) is 0 Å². The van der Waals surface area contributed by atoms with E-state index in [1.807, 2.05) is 38.1 Å². The van der Waals surface area contributed by atoms with Crippen molar-refractivity contribution < 1.29 is 18.7 Å². The lowest BCUT2D eigenvalue weighted by Crippen LogP contribution is -2.28. The SMILES string of the molecule is CCCN1C(=O)/C(=C/c2ccc(OC(=O)c3oc4ccccc4c3C)cc2)SC1=S. The van der Waals surface area contributed by atoms with Crippen molar-refractivity contribution >= 4 is 57.2 Å². The molecule has 0 aliphatic carbocycles. The largest absolute Gasteiger partial charge is 0.449 e. The van der Waals surface area contributed by atoms with E-state index in [2.05, 4.69) is 0 Å². The summed E-state index contributed by atoms with van der Waals surface area (Å²) in [7, 11) is 0. The molecule has 1 aliphatic heterocycles. The summed E-state index contributed by atoms with van der Waals surface area (Å²) in [6.45, 7) is 4.47. The van der Waals surface area contributed by atoms with Crippen molar-refractivity contribution in [1.82, 2.24) is 4.90 Å². The highest BCUT2D eigenvalue weighted by molar-refractivity contribution is 8.26. The van der Waals surface area contributed by atoms with Crippen molar-refractivity contribution in [2.45, 2.75) is 20.3 Å². The van der Waals surface area contributed by atoms with Crippen LogP contribution in [-0.2, 0) is 4.79 Å². The van der Waals surface area contributed by atoms with Crippen LogP contribution in [0.1, 0.15) is 35.0 Å². The van der Waals surface area contributed by atoms with Gasteiger partial charge in [-0.2, -0.15) is 0 Å². The number of hydrogen-bond acceptors (Lipinski definition) is 6. The first-order valence-electron chi connectivity index (χ1n) is 9.53. The van der Waals surface area contributed by atoms with Gasteiger partial charge < -0.3 is 9.15 Å². The number of carbonyl (C=O) groups excluding carboxylic acids is 2. The summed E-state index contributed by atoms with van der Waals surface area (Å²) in [6, 6.07) is 14.4. The number of para-hydroxylation sites is 1. The number of aryl methyl sites for hydroxylation is 1. The van der Waals surface area contributed by atoms with E-state index >= 15 is 0 Å². The normalized spacial score (nSPS) is 15.4. The van der Waals surface area contributed by atoms with Gasteiger partial charge in [0.1, 0.15) is 15.7 Å². The van der Waals surface area contributed by atoms with Crippen LogP contribution in [0.2, 0.25) is 0 Å². The number of carbonyl (C=O) groups is 2. The number of hydrogen-bond donors (Lipinski definition) is 0. The molecule has 0 spiro atoms. The zero-order valence-corrected chi connectivity index (χ0v) is 18.1. The van der Waals surface area contributed by atoms with Gasteiger partial charge in [0.15, 0.2) is 0 Å². The Morgan fingerprint density at radius 1 is 1.20 bits per heavy atom. The van der Waals surface area contributed by atoms with Crippen LogP contribution < -0.4 is 4.74 Å². The first kappa shape index (κ1) is 20.4. The molecular weight excluding hydrogens is 418 g/mol. The number of thiocarbonyl (C=S) groups is 1. The molecule has 1 fully saturated rings. The summed E-state index contributed by atoms with van der Waals surface area (Å²) < 4.78 is 11.7. The molecule has 30 heavy (non-hydrogen) atoms. The van der Waals surface area contributed by atoms with Gasteiger partial charge in [-0.25, -0.2) is 4.79 Å². The minimum absolute atomic E-state index is 0.0669. The van der Waals surface area contributed by atoms with Gasteiger partial charge in [0.2, 0.25) is 5.76 Å². The van der Waals surface area contributed by atoms with Gasteiger partial charge in [-0.05, 0) is 43.2 Å². The van der Waals surface area contributed by atoms with Crippen molar-refractivity contribution in [1.29, 1.82) is 0 Å². The molecule has 0 N–H and O–H groups in total. The third kappa shape index (κ3) is 3.91. The van der Waals surface area contributed by atoms with Gasteiger partial charge >= 0.3 is 5.97 Å². The van der Waals surface area contributed by atoms with Gasteiger partial charge in [0.05, 0.1) is 4.91 Å². The summed E-state index contributed by atoms with van der Waals surface area (Å²) in [5.74, 6) is -0.0185. The highest BCUT2D eigenvalue weighted by Gasteiger charge is 2.31. The Morgan fingerprint density at radius 2 is 1.93 bits per heavy atom. The smallest absolute Gasteiger partial charge is 0.379 e. The Bertz CT molecular complexity index is 1180. The first-order valence-corrected chi connectivity index (χ1v) is 10.8. The zero-order chi connectivity index (χ0) is 21.3. The van der Waals surface area contributed by atoms with Crippen LogP contribution in [0.5, 0.6) is 5.75 Å². The minimum atomic E-state index is -0.545.